The summed E-state index contributed by atoms with van der Waals surface area (Å²) in [7, 11) is 0. The summed E-state index contributed by atoms with van der Waals surface area (Å²) in [4.78, 5) is 13.9. The average Bonchev–Trinajstić information content (AvgIpc) is 2.58. The highest BCUT2D eigenvalue weighted by Gasteiger charge is 2.31. The van der Waals surface area contributed by atoms with Crippen LogP contribution in [0.5, 0.6) is 0 Å². The van der Waals surface area contributed by atoms with E-state index < -0.39 is 0 Å². The Morgan fingerprint density at radius 2 is 2.17 bits per heavy atom. The third-order valence-corrected chi connectivity index (χ3v) is 3.72. The number of carbonyl (C=O) groups excluding carboxylic acids is 1. The van der Waals surface area contributed by atoms with E-state index in [-0.39, 0.29) is 11.9 Å². The fourth-order valence-electron chi connectivity index (χ4n) is 2.35. The highest BCUT2D eigenvalue weighted by molar-refractivity contribution is 9.10. The molecule has 1 aliphatic heterocycles. The van der Waals surface area contributed by atoms with Crippen LogP contribution in [0.25, 0.3) is 0 Å². The highest BCUT2D eigenvalue weighted by Crippen LogP contribution is 2.30. The van der Waals surface area contributed by atoms with Crippen molar-refractivity contribution in [3.8, 4) is 0 Å². The SMILES string of the molecule is Cc1ccc(N2CC(NC(C)C)CC2=O)c(Br)c1. The Morgan fingerprint density at radius 1 is 1.44 bits per heavy atom. The van der Waals surface area contributed by atoms with Crippen molar-refractivity contribution in [2.75, 3.05) is 11.4 Å². The number of aryl methyl sites for hydroxylation is 1. The zero-order valence-corrected chi connectivity index (χ0v) is 12.6. The molecular formula is C14H19BrN2O. The minimum atomic E-state index is 0.192. The standard InChI is InChI=1S/C14H19BrN2O/c1-9(2)16-11-7-14(18)17(8-11)13-5-4-10(3)6-12(13)15/h4-6,9,11,16H,7-8H2,1-3H3. The number of benzene rings is 1. The van der Waals surface area contributed by atoms with E-state index in [2.05, 4.69) is 35.1 Å². The molecule has 1 atom stereocenters. The largest absolute Gasteiger partial charge is 0.310 e. The molecule has 0 bridgehead atoms. The summed E-state index contributed by atoms with van der Waals surface area (Å²) in [5.74, 6) is 0.192. The van der Waals surface area contributed by atoms with Gasteiger partial charge in [-0.25, -0.2) is 0 Å². The van der Waals surface area contributed by atoms with Gasteiger partial charge in [0.15, 0.2) is 0 Å². The molecular weight excluding hydrogens is 292 g/mol. The van der Waals surface area contributed by atoms with Gasteiger partial charge in [-0.3, -0.25) is 4.79 Å². The Hall–Kier alpha value is -0.870. The molecule has 1 saturated heterocycles. The van der Waals surface area contributed by atoms with Gasteiger partial charge in [-0.15, -0.1) is 0 Å². The van der Waals surface area contributed by atoms with Gasteiger partial charge < -0.3 is 10.2 Å². The molecule has 1 aromatic rings. The molecule has 1 fully saturated rings. The minimum Gasteiger partial charge on any atom is -0.310 e. The molecule has 18 heavy (non-hydrogen) atoms. The lowest BCUT2D eigenvalue weighted by atomic mass is 10.2. The van der Waals surface area contributed by atoms with Crippen LogP contribution in [0.3, 0.4) is 0 Å². The Balaban J connectivity index is 2.16. The zero-order valence-electron chi connectivity index (χ0n) is 11.0. The van der Waals surface area contributed by atoms with Crippen molar-refractivity contribution < 1.29 is 4.79 Å². The lowest BCUT2D eigenvalue weighted by Crippen LogP contribution is -2.37. The Bertz CT molecular complexity index is 459. The van der Waals surface area contributed by atoms with Crippen LogP contribution in [-0.2, 0) is 4.79 Å². The number of halogens is 1. The van der Waals surface area contributed by atoms with Crippen molar-refractivity contribution in [3.05, 3.63) is 28.2 Å². The highest BCUT2D eigenvalue weighted by atomic mass is 79.9. The molecule has 1 unspecified atom stereocenters. The second-order valence-electron chi connectivity index (χ2n) is 5.18. The second kappa shape index (κ2) is 5.41. The van der Waals surface area contributed by atoms with Crippen LogP contribution in [0.4, 0.5) is 5.69 Å². The van der Waals surface area contributed by atoms with Crippen LogP contribution < -0.4 is 10.2 Å². The summed E-state index contributed by atoms with van der Waals surface area (Å²) < 4.78 is 0.987. The predicted molar refractivity (Wildman–Crippen MR) is 77.9 cm³/mol. The van der Waals surface area contributed by atoms with E-state index >= 15 is 0 Å². The summed E-state index contributed by atoms with van der Waals surface area (Å²) in [5, 5.41) is 3.42. The topological polar surface area (TPSA) is 32.3 Å². The maximum atomic E-state index is 12.1. The molecule has 1 amide bonds. The van der Waals surface area contributed by atoms with Gasteiger partial charge in [-0.05, 0) is 40.5 Å². The predicted octanol–water partition coefficient (Wildman–Crippen LogP) is 2.86. The Labute approximate surface area is 117 Å². The molecule has 98 valence electrons. The molecule has 0 aliphatic carbocycles. The molecule has 0 radical (unpaired) electrons. The molecule has 1 heterocycles. The number of hydrogen-bond donors (Lipinski definition) is 1. The van der Waals surface area contributed by atoms with Crippen LogP contribution in [-0.4, -0.2) is 24.5 Å². The van der Waals surface area contributed by atoms with Crippen molar-refractivity contribution in [1.29, 1.82) is 0 Å². The summed E-state index contributed by atoms with van der Waals surface area (Å²) in [6, 6.07) is 6.76. The lowest BCUT2D eigenvalue weighted by molar-refractivity contribution is -0.117. The molecule has 4 heteroatoms. The fraction of sp³-hybridized carbons (Fsp3) is 0.500. The zero-order chi connectivity index (χ0) is 13.3. The molecule has 2 rings (SSSR count). The maximum Gasteiger partial charge on any atom is 0.228 e. The number of nitrogens with zero attached hydrogens (tertiary/aromatic N) is 1. The molecule has 1 aromatic carbocycles. The maximum absolute atomic E-state index is 12.1. The summed E-state index contributed by atoms with van der Waals surface area (Å²) in [6.07, 6.45) is 0.582. The number of carbonyl (C=O) groups is 1. The molecule has 0 aromatic heterocycles. The van der Waals surface area contributed by atoms with E-state index in [4.69, 9.17) is 0 Å². The van der Waals surface area contributed by atoms with Gasteiger partial charge >= 0.3 is 0 Å². The van der Waals surface area contributed by atoms with Crippen molar-refractivity contribution >= 4 is 27.5 Å². The summed E-state index contributed by atoms with van der Waals surface area (Å²) >= 11 is 3.54. The molecule has 0 saturated carbocycles. The minimum absolute atomic E-state index is 0.192. The molecule has 0 spiro atoms. The van der Waals surface area contributed by atoms with Gasteiger partial charge in [-0.1, -0.05) is 19.9 Å². The number of anilines is 1. The van der Waals surface area contributed by atoms with Crippen LogP contribution in [0.2, 0.25) is 0 Å². The number of rotatable bonds is 3. The van der Waals surface area contributed by atoms with E-state index in [9.17, 15) is 4.79 Å². The first-order chi connectivity index (χ1) is 8.47. The van der Waals surface area contributed by atoms with Gasteiger partial charge in [0.1, 0.15) is 0 Å². The smallest absolute Gasteiger partial charge is 0.228 e. The first-order valence-electron chi connectivity index (χ1n) is 6.30. The van der Waals surface area contributed by atoms with Crippen LogP contribution in [0.15, 0.2) is 22.7 Å². The van der Waals surface area contributed by atoms with Crippen molar-refractivity contribution in [2.45, 2.75) is 39.3 Å². The molecule has 1 aliphatic rings. The lowest BCUT2D eigenvalue weighted by Gasteiger charge is -2.20. The van der Waals surface area contributed by atoms with Gasteiger partial charge in [-0.2, -0.15) is 0 Å². The van der Waals surface area contributed by atoms with Gasteiger partial charge in [0.25, 0.3) is 0 Å². The van der Waals surface area contributed by atoms with Crippen LogP contribution >= 0.6 is 15.9 Å². The van der Waals surface area contributed by atoms with E-state index in [1.807, 2.05) is 30.0 Å². The fourth-order valence-corrected chi connectivity index (χ4v) is 3.06. The number of amides is 1. The van der Waals surface area contributed by atoms with Crippen molar-refractivity contribution in [3.63, 3.8) is 0 Å². The molecule has 1 N–H and O–H groups in total. The first-order valence-corrected chi connectivity index (χ1v) is 7.09. The Morgan fingerprint density at radius 3 is 2.78 bits per heavy atom. The number of hydrogen-bond acceptors (Lipinski definition) is 2. The Kier molecular flexibility index (Phi) is 4.07. The first kappa shape index (κ1) is 13.6. The number of nitrogens with one attached hydrogen (secondary N) is 1. The van der Waals surface area contributed by atoms with Crippen LogP contribution in [0.1, 0.15) is 25.8 Å². The van der Waals surface area contributed by atoms with E-state index in [0.717, 1.165) is 16.7 Å². The van der Waals surface area contributed by atoms with Gasteiger partial charge in [0, 0.05) is 29.5 Å². The monoisotopic (exact) mass is 310 g/mol. The third-order valence-electron chi connectivity index (χ3n) is 3.09. The van der Waals surface area contributed by atoms with Gasteiger partial charge in [0.05, 0.1) is 5.69 Å². The average molecular weight is 311 g/mol. The van der Waals surface area contributed by atoms with E-state index in [0.29, 0.717) is 12.5 Å². The quantitative estimate of drug-likeness (QED) is 0.931. The third kappa shape index (κ3) is 2.93. The van der Waals surface area contributed by atoms with E-state index in [1.165, 1.54) is 5.56 Å². The normalized spacial score (nSPS) is 19.9. The summed E-state index contributed by atoms with van der Waals surface area (Å²) in [5.41, 5.74) is 2.16. The van der Waals surface area contributed by atoms with Crippen molar-refractivity contribution in [1.82, 2.24) is 5.32 Å². The van der Waals surface area contributed by atoms with E-state index in [1.54, 1.807) is 0 Å². The van der Waals surface area contributed by atoms with Crippen molar-refractivity contribution in [2.24, 2.45) is 0 Å². The van der Waals surface area contributed by atoms with Crippen LogP contribution in [0, 0.1) is 6.92 Å². The van der Waals surface area contributed by atoms with Gasteiger partial charge in [0.2, 0.25) is 5.91 Å². The molecule has 3 nitrogen and oxygen atoms in total. The summed E-state index contributed by atoms with van der Waals surface area (Å²) in [6.45, 7) is 7.01. The second-order valence-corrected chi connectivity index (χ2v) is 6.04.